The van der Waals surface area contributed by atoms with Gasteiger partial charge in [0.25, 0.3) is 0 Å². The zero-order valence-corrected chi connectivity index (χ0v) is 12.1. The van der Waals surface area contributed by atoms with Gasteiger partial charge < -0.3 is 0 Å². The average Bonchev–Trinajstić information content (AvgIpc) is 2.69. The molecule has 1 aromatic heterocycles. The molecule has 1 unspecified atom stereocenters. The summed E-state index contributed by atoms with van der Waals surface area (Å²) < 4.78 is 2.01. The molecule has 1 atom stereocenters. The van der Waals surface area contributed by atoms with Crippen molar-refractivity contribution in [1.82, 2.24) is 19.7 Å². The lowest BCUT2D eigenvalue weighted by Gasteiger charge is -2.28. The quantitative estimate of drug-likeness (QED) is 0.789. The van der Waals surface area contributed by atoms with Crippen LogP contribution in [0.1, 0.15) is 51.4 Å². The maximum atomic E-state index is 6.11. The van der Waals surface area contributed by atoms with E-state index < -0.39 is 0 Å². The van der Waals surface area contributed by atoms with Crippen LogP contribution < -0.4 is 0 Å². The van der Waals surface area contributed by atoms with E-state index in [1.54, 1.807) is 6.33 Å². The Balaban J connectivity index is 2.07. The molecule has 0 radical (unpaired) electrons. The maximum absolute atomic E-state index is 6.11. The lowest BCUT2D eigenvalue weighted by Crippen LogP contribution is -2.36. The van der Waals surface area contributed by atoms with E-state index in [0.717, 1.165) is 24.8 Å². The van der Waals surface area contributed by atoms with Crippen molar-refractivity contribution in [2.75, 3.05) is 12.4 Å². The van der Waals surface area contributed by atoms with Gasteiger partial charge in [-0.15, -0.1) is 11.6 Å². The molecule has 1 aliphatic rings. The zero-order valence-electron chi connectivity index (χ0n) is 11.3. The predicted octanol–water partition coefficient (Wildman–Crippen LogP) is 2.84. The van der Waals surface area contributed by atoms with Crippen molar-refractivity contribution in [2.45, 2.75) is 58.2 Å². The molecule has 1 saturated heterocycles. The van der Waals surface area contributed by atoms with Crippen LogP contribution in [0.5, 0.6) is 0 Å². The average molecular weight is 271 g/mol. The molecule has 0 spiro atoms. The van der Waals surface area contributed by atoms with Crippen LogP contribution in [-0.4, -0.2) is 38.1 Å². The van der Waals surface area contributed by atoms with Crippen molar-refractivity contribution in [3.05, 3.63) is 12.2 Å². The lowest BCUT2D eigenvalue weighted by molar-refractivity contribution is 0.197. The molecular weight excluding hydrogens is 248 g/mol. The second kappa shape index (κ2) is 6.53. The number of halogens is 1. The van der Waals surface area contributed by atoms with Gasteiger partial charge >= 0.3 is 0 Å². The van der Waals surface area contributed by atoms with E-state index in [1.165, 1.54) is 25.7 Å². The summed E-state index contributed by atoms with van der Waals surface area (Å²) in [6, 6.07) is 0.857. The molecule has 0 amide bonds. The fourth-order valence-electron chi connectivity index (χ4n) is 2.62. The molecule has 0 bridgehead atoms. The van der Waals surface area contributed by atoms with Gasteiger partial charge in [0, 0.05) is 18.0 Å². The summed E-state index contributed by atoms with van der Waals surface area (Å²) in [6.45, 7) is 6.27. The molecule has 18 heavy (non-hydrogen) atoms. The second-order valence-corrected chi connectivity index (χ2v) is 5.65. The van der Waals surface area contributed by atoms with E-state index in [0.29, 0.717) is 12.1 Å². The molecule has 1 aliphatic heterocycles. The number of likely N-dealkylation sites (tertiary alicyclic amines) is 1. The zero-order chi connectivity index (χ0) is 13.0. The highest BCUT2D eigenvalue weighted by Gasteiger charge is 2.22. The molecule has 2 rings (SSSR count). The van der Waals surface area contributed by atoms with Crippen molar-refractivity contribution < 1.29 is 0 Å². The molecule has 0 saturated carbocycles. The molecule has 1 fully saturated rings. The monoisotopic (exact) mass is 270 g/mol. The Bertz CT molecular complexity index is 364. The third kappa shape index (κ3) is 3.23. The van der Waals surface area contributed by atoms with Gasteiger partial charge in [0.05, 0.1) is 6.54 Å². The van der Waals surface area contributed by atoms with Crippen LogP contribution in [0.3, 0.4) is 0 Å². The first-order valence-electron chi connectivity index (χ1n) is 6.90. The number of hydrogen-bond acceptors (Lipinski definition) is 3. The fourth-order valence-corrected chi connectivity index (χ4v) is 2.97. The molecule has 0 aromatic carbocycles. The number of nitrogens with zero attached hydrogens (tertiary/aromatic N) is 4. The van der Waals surface area contributed by atoms with Crippen LogP contribution in [0.15, 0.2) is 6.33 Å². The highest BCUT2D eigenvalue weighted by Crippen LogP contribution is 2.20. The SMILES string of the molecule is CC(C)n1ncnc1CN1CCCCCC1CCl. The Morgan fingerprint density at radius 2 is 2.22 bits per heavy atom. The Morgan fingerprint density at radius 1 is 1.39 bits per heavy atom. The molecule has 0 aliphatic carbocycles. The maximum Gasteiger partial charge on any atom is 0.141 e. The number of hydrogen-bond donors (Lipinski definition) is 0. The first-order chi connectivity index (χ1) is 8.72. The number of rotatable bonds is 4. The van der Waals surface area contributed by atoms with Crippen LogP contribution in [-0.2, 0) is 6.54 Å². The summed E-state index contributed by atoms with van der Waals surface area (Å²) in [7, 11) is 0. The highest BCUT2D eigenvalue weighted by molar-refractivity contribution is 6.18. The van der Waals surface area contributed by atoms with Gasteiger partial charge in [0.1, 0.15) is 12.2 Å². The Morgan fingerprint density at radius 3 is 2.94 bits per heavy atom. The van der Waals surface area contributed by atoms with Crippen LogP contribution >= 0.6 is 11.6 Å². The van der Waals surface area contributed by atoms with Gasteiger partial charge in [-0.25, -0.2) is 9.67 Å². The van der Waals surface area contributed by atoms with Crippen LogP contribution in [0.4, 0.5) is 0 Å². The minimum absolute atomic E-state index is 0.365. The molecule has 5 heteroatoms. The van der Waals surface area contributed by atoms with Crippen LogP contribution in [0.2, 0.25) is 0 Å². The standard InChI is InChI=1S/C13H23ClN4/c1-11(2)18-13(15-10-16-18)9-17-7-5-3-4-6-12(17)8-14/h10-12H,3-9H2,1-2H3. The summed E-state index contributed by atoms with van der Waals surface area (Å²) in [6.07, 6.45) is 6.75. The van der Waals surface area contributed by atoms with Crippen molar-refractivity contribution in [3.8, 4) is 0 Å². The third-order valence-electron chi connectivity index (χ3n) is 3.66. The first kappa shape index (κ1) is 13.8. The number of aromatic nitrogens is 3. The first-order valence-corrected chi connectivity index (χ1v) is 7.44. The summed E-state index contributed by atoms with van der Waals surface area (Å²) in [5, 5.41) is 4.30. The van der Waals surface area contributed by atoms with E-state index in [9.17, 15) is 0 Å². The van der Waals surface area contributed by atoms with Gasteiger partial charge in [-0.1, -0.05) is 12.8 Å². The molecular formula is C13H23ClN4. The smallest absolute Gasteiger partial charge is 0.141 e. The topological polar surface area (TPSA) is 34.0 Å². The lowest BCUT2D eigenvalue weighted by atomic mass is 10.1. The Labute approximate surface area is 114 Å². The Hall–Kier alpha value is -0.610. The Kier molecular flexibility index (Phi) is 5.01. The van der Waals surface area contributed by atoms with Crippen LogP contribution in [0.25, 0.3) is 0 Å². The minimum Gasteiger partial charge on any atom is -0.292 e. The van der Waals surface area contributed by atoms with E-state index in [1.807, 2.05) is 4.68 Å². The fraction of sp³-hybridized carbons (Fsp3) is 0.846. The van der Waals surface area contributed by atoms with Gasteiger partial charge in [0.15, 0.2) is 0 Å². The van der Waals surface area contributed by atoms with Crippen molar-refractivity contribution in [2.24, 2.45) is 0 Å². The van der Waals surface area contributed by atoms with Gasteiger partial charge in [0.2, 0.25) is 0 Å². The largest absolute Gasteiger partial charge is 0.292 e. The predicted molar refractivity (Wildman–Crippen MR) is 73.8 cm³/mol. The third-order valence-corrected chi connectivity index (χ3v) is 4.01. The molecule has 4 nitrogen and oxygen atoms in total. The van der Waals surface area contributed by atoms with Gasteiger partial charge in [-0.2, -0.15) is 5.10 Å². The van der Waals surface area contributed by atoms with E-state index in [2.05, 4.69) is 28.8 Å². The second-order valence-electron chi connectivity index (χ2n) is 5.34. The number of alkyl halides is 1. The molecule has 102 valence electrons. The van der Waals surface area contributed by atoms with Crippen molar-refractivity contribution in [3.63, 3.8) is 0 Å². The molecule has 2 heterocycles. The van der Waals surface area contributed by atoms with Crippen LogP contribution in [0, 0.1) is 0 Å². The van der Waals surface area contributed by atoms with E-state index in [4.69, 9.17) is 11.6 Å². The molecule has 1 aromatic rings. The minimum atomic E-state index is 0.365. The van der Waals surface area contributed by atoms with Gasteiger partial charge in [-0.05, 0) is 33.2 Å². The summed E-state index contributed by atoms with van der Waals surface area (Å²) in [4.78, 5) is 6.87. The van der Waals surface area contributed by atoms with Crippen molar-refractivity contribution >= 4 is 11.6 Å². The summed E-state index contributed by atoms with van der Waals surface area (Å²) in [5.41, 5.74) is 0. The summed E-state index contributed by atoms with van der Waals surface area (Å²) in [5.74, 6) is 1.78. The summed E-state index contributed by atoms with van der Waals surface area (Å²) >= 11 is 6.11. The normalized spacial score (nSPS) is 22.3. The molecule has 0 N–H and O–H groups in total. The van der Waals surface area contributed by atoms with E-state index in [-0.39, 0.29) is 0 Å². The highest BCUT2D eigenvalue weighted by atomic mass is 35.5. The van der Waals surface area contributed by atoms with Crippen molar-refractivity contribution in [1.29, 1.82) is 0 Å². The van der Waals surface area contributed by atoms with E-state index >= 15 is 0 Å². The van der Waals surface area contributed by atoms with Gasteiger partial charge in [-0.3, -0.25) is 4.90 Å².